The van der Waals surface area contributed by atoms with Crippen molar-refractivity contribution in [3.05, 3.63) is 113 Å². The van der Waals surface area contributed by atoms with Gasteiger partial charge in [0.1, 0.15) is 0 Å². The molecule has 5 aromatic rings. The van der Waals surface area contributed by atoms with E-state index in [1.54, 1.807) is 38.6 Å². The zero-order chi connectivity index (χ0) is 24.2. The van der Waals surface area contributed by atoms with Crippen LogP contribution in [0.1, 0.15) is 5.56 Å². The Labute approximate surface area is 202 Å². The van der Waals surface area contributed by atoms with Gasteiger partial charge in [0.15, 0.2) is 17.3 Å². The van der Waals surface area contributed by atoms with E-state index in [0.29, 0.717) is 33.8 Å². The maximum Gasteiger partial charge on any atom is 0.282 e. The normalized spacial score (nSPS) is 11.1. The number of nitrogens with zero attached hydrogens (tertiary/aromatic N) is 3. The Morgan fingerprint density at radius 1 is 0.743 bits per heavy atom. The van der Waals surface area contributed by atoms with Crippen molar-refractivity contribution in [1.29, 1.82) is 0 Å². The number of para-hydroxylation sites is 1. The fourth-order valence-corrected chi connectivity index (χ4v) is 3.91. The van der Waals surface area contributed by atoms with Crippen molar-refractivity contribution >= 4 is 17.1 Å². The summed E-state index contributed by atoms with van der Waals surface area (Å²) in [7, 11) is 3.15. The van der Waals surface area contributed by atoms with Crippen LogP contribution in [0.25, 0.3) is 33.4 Å². The van der Waals surface area contributed by atoms with Crippen LogP contribution in [0.2, 0.25) is 0 Å². The SMILES string of the molecule is COc1ccc(-c2nc3ccccc3c(=O)n2N=Cc2ccc(-c3ccccc3)cc2)cc1OC. The molecule has 0 aliphatic heterocycles. The van der Waals surface area contributed by atoms with Gasteiger partial charge >= 0.3 is 0 Å². The Morgan fingerprint density at radius 3 is 2.14 bits per heavy atom. The molecule has 1 aromatic heterocycles. The molecule has 35 heavy (non-hydrogen) atoms. The van der Waals surface area contributed by atoms with Crippen LogP contribution in [0.4, 0.5) is 0 Å². The Morgan fingerprint density at radius 2 is 1.40 bits per heavy atom. The van der Waals surface area contributed by atoms with Gasteiger partial charge < -0.3 is 9.47 Å². The second-order valence-electron chi connectivity index (χ2n) is 7.87. The van der Waals surface area contributed by atoms with Gasteiger partial charge in [-0.25, -0.2) is 4.98 Å². The molecule has 0 unspecified atom stereocenters. The molecule has 4 aromatic carbocycles. The molecule has 5 rings (SSSR count). The summed E-state index contributed by atoms with van der Waals surface area (Å²) in [5.41, 5.74) is 4.14. The highest BCUT2D eigenvalue weighted by Crippen LogP contribution is 2.31. The van der Waals surface area contributed by atoms with E-state index in [0.717, 1.165) is 16.7 Å². The third kappa shape index (κ3) is 4.42. The van der Waals surface area contributed by atoms with Gasteiger partial charge in [-0.15, -0.1) is 0 Å². The zero-order valence-electron chi connectivity index (χ0n) is 19.4. The molecular weight excluding hydrogens is 438 g/mol. The van der Waals surface area contributed by atoms with Crippen LogP contribution in [0.3, 0.4) is 0 Å². The van der Waals surface area contributed by atoms with Crippen molar-refractivity contribution in [3.8, 4) is 34.0 Å². The summed E-state index contributed by atoms with van der Waals surface area (Å²) in [4.78, 5) is 18.2. The highest BCUT2D eigenvalue weighted by molar-refractivity contribution is 5.83. The molecule has 0 spiro atoms. The minimum Gasteiger partial charge on any atom is -0.493 e. The van der Waals surface area contributed by atoms with E-state index in [4.69, 9.17) is 14.5 Å². The van der Waals surface area contributed by atoms with E-state index in [-0.39, 0.29) is 5.56 Å². The van der Waals surface area contributed by atoms with Crippen LogP contribution >= 0.6 is 0 Å². The van der Waals surface area contributed by atoms with Crippen molar-refractivity contribution in [1.82, 2.24) is 9.66 Å². The predicted octanol–water partition coefficient (Wildman–Crippen LogP) is 5.63. The number of benzene rings is 4. The fourth-order valence-electron chi connectivity index (χ4n) is 3.91. The average molecular weight is 462 g/mol. The highest BCUT2D eigenvalue weighted by Gasteiger charge is 2.15. The number of hydrogen-bond donors (Lipinski definition) is 0. The molecule has 0 atom stereocenters. The van der Waals surface area contributed by atoms with E-state index in [2.05, 4.69) is 17.2 Å². The van der Waals surface area contributed by atoms with Crippen LogP contribution in [0.15, 0.2) is 107 Å². The summed E-state index contributed by atoms with van der Waals surface area (Å²) in [6.07, 6.45) is 1.66. The van der Waals surface area contributed by atoms with Crippen molar-refractivity contribution < 1.29 is 9.47 Å². The maximum atomic E-state index is 13.4. The maximum absolute atomic E-state index is 13.4. The molecule has 0 N–H and O–H groups in total. The molecule has 0 aliphatic rings. The van der Waals surface area contributed by atoms with Gasteiger partial charge in [0, 0.05) is 5.56 Å². The van der Waals surface area contributed by atoms with E-state index < -0.39 is 0 Å². The van der Waals surface area contributed by atoms with Gasteiger partial charge in [0.2, 0.25) is 0 Å². The monoisotopic (exact) mass is 461 g/mol. The molecule has 0 radical (unpaired) electrons. The van der Waals surface area contributed by atoms with Crippen molar-refractivity contribution in [3.63, 3.8) is 0 Å². The third-order valence-electron chi connectivity index (χ3n) is 5.74. The Hall–Kier alpha value is -4.71. The van der Waals surface area contributed by atoms with Crippen LogP contribution in [-0.4, -0.2) is 30.1 Å². The van der Waals surface area contributed by atoms with Gasteiger partial charge in [-0.3, -0.25) is 4.79 Å². The first kappa shape index (κ1) is 22.1. The number of fused-ring (bicyclic) bond motifs is 1. The first-order valence-corrected chi connectivity index (χ1v) is 11.1. The van der Waals surface area contributed by atoms with Crippen molar-refractivity contribution in [2.24, 2.45) is 5.10 Å². The average Bonchev–Trinajstić information content (AvgIpc) is 2.93. The topological polar surface area (TPSA) is 65.7 Å². The van der Waals surface area contributed by atoms with Crippen LogP contribution in [0.5, 0.6) is 11.5 Å². The Bertz CT molecular complexity index is 1570. The number of ether oxygens (including phenoxy) is 2. The standard InChI is InChI=1S/C29H23N3O3/c1-34-26-17-16-23(18-27(26)35-2)28-31-25-11-7-6-10-24(25)29(33)32(28)30-19-20-12-14-22(15-13-20)21-8-4-3-5-9-21/h3-19H,1-2H3. The summed E-state index contributed by atoms with van der Waals surface area (Å²) in [6.45, 7) is 0. The molecule has 6 heteroatoms. The molecule has 0 saturated heterocycles. The van der Waals surface area contributed by atoms with Gasteiger partial charge in [-0.05, 0) is 47.0 Å². The van der Waals surface area contributed by atoms with Crippen LogP contribution in [-0.2, 0) is 0 Å². The van der Waals surface area contributed by atoms with E-state index >= 15 is 0 Å². The first-order valence-electron chi connectivity index (χ1n) is 11.1. The third-order valence-corrected chi connectivity index (χ3v) is 5.74. The van der Waals surface area contributed by atoms with Crippen LogP contribution in [0, 0.1) is 0 Å². The number of rotatable bonds is 6. The number of aromatic nitrogens is 2. The van der Waals surface area contributed by atoms with E-state index in [9.17, 15) is 4.79 Å². The van der Waals surface area contributed by atoms with Gasteiger partial charge in [0.05, 0.1) is 31.3 Å². The number of hydrogen-bond acceptors (Lipinski definition) is 5. The van der Waals surface area contributed by atoms with Gasteiger partial charge in [-0.1, -0.05) is 66.7 Å². The van der Waals surface area contributed by atoms with E-state index in [1.807, 2.05) is 66.7 Å². The molecule has 0 fully saturated rings. The zero-order valence-corrected chi connectivity index (χ0v) is 19.4. The molecule has 0 amide bonds. The smallest absolute Gasteiger partial charge is 0.282 e. The quantitative estimate of drug-likeness (QED) is 0.308. The van der Waals surface area contributed by atoms with Gasteiger partial charge in [0.25, 0.3) is 5.56 Å². The molecule has 6 nitrogen and oxygen atoms in total. The summed E-state index contributed by atoms with van der Waals surface area (Å²) in [6, 6.07) is 30.8. The second kappa shape index (κ2) is 9.65. The molecule has 0 saturated carbocycles. The van der Waals surface area contributed by atoms with Gasteiger partial charge in [-0.2, -0.15) is 9.78 Å². The molecule has 0 bridgehead atoms. The summed E-state index contributed by atoms with van der Waals surface area (Å²) < 4.78 is 12.1. The molecular formula is C29H23N3O3. The molecule has 0 aliphatic carbocycles. The first-order chi connectivity index (χ1) is 17.2. The molecule has 172 valence electrons. The summed E-state index contributed by atoms with van der Waals surface area (Å²) in [5.74, 6) is 1.54. The highest BCUT2D eigenvalue weighted by atomic mass is 16.5. The summed E-state index contributed by atoms with van der Waals surface area (Å²) >= 11 is 0. The van der Waals surface area contributed by atoms with Crippen molar-refractivity contribution in [2.75, 3.05) is 14.2 Å². The lowest BCUT2D eigenvalue weighted by molar-refractivity contribution is 0.355. The van der Waals surface area contributed by atoms with Crippen LogP contribution < -0.4 is 15.0 Å². The van der Waals surface area contributed by atoms with E-state index in [1.165, 1.54) is 4.68 Å². The second-order valence-corrected chi connectivity index (χ2v) is 7.87. The fraction of sp³-hybridized carbons (Fsp3) is 0.0690. The Balaban J connectivity index is 1.60. The lowest BCUT2D eigenvalue weighted by Crippen LogP contribution is -2.20. The Kier molecular flexibility index (Phi) is 6.09. The predicted molar refractivity (Wildman–Crippen MR) is 139 cm³/mol. The summed E-state index contributed by atoms with van der Waals surface area (Å²) in [5, 5.41) is 5.04. The largest absolute Gasteiger partial charge is 0.493 e. The van der Waals surface area contributed by atoms with Crippen molar-refractivity contribution in [2.45, 2.75) is 0 Å². The minimum absolute atomic E-state index is 0.252. The lowest BCUT2D eigenvalue weighted by Gasteiger charge is -2.12. The number of methoxy groups -OCH3 is 2. The lowest BCUT2D eigenvalue weighted by atomic mass is 10.0. The minimum atomic E-state index is -0.252. The molecule has 1 heterocycles.